The van der Waals surface area contributed by atoms with E-state index < -0.39 is 5.08 Å². The predicted octanol–water partition coefficient (Wildman–Crippen LogP) is 3.99. The van der Waals surface area contributed by atoms with Crippen LogP contribution in [-0.4, -0.2) is 5.08 Å². The molecule has 0 radical (unpaired) electrons. The van der Waals surface area contributed by atoms with E-state index in [9.17, 15) is 4.39 Å². The molecule has 0 saturated carbocycles. The molecule has 0 aromatic rings. The van der Waals surface area contributed by atoms with Crippen LogP contribution in [0.5, 0.6) is 0 Å². The van der Waals surface area contributed by atoms with Crippen LogP contribution in [0.2, 0.25) is 0 Å². The molecule has 0 saturated heterocycles. The molecular formula is C7H11BrClF. The highest BCUT2D eigenvalue weighted by atomic mass is 79.9. The molecule has 0 nitrogen and oxygen atoms in total. The van der Waals surface area contributed by atoms with Crippen LogP contribution in [0, 0.1) is 0 Å². The van der Waals surface area contributed by atoms with Gasteiger partial charge in [-0.1, -0.05) is 30.5 Å². The van der Waals surface area contributed by atoms with Gasteiger partial charge in [0.2, 0.25) is 0 Å². The molecular weight excluding hydrogens is 218 g/mol. The molecule has 3 heteroatoms. The number of hydrogen-bond acceptors (Lipinski definition) is 0. The first kappa shape index (κ1) is 10.4. The van der Waals surface area contributed by atoms with E-state index >= 15 is 0 Å². The summed E-state index contributed by atoms with van der Waals surface area (Å²) in [6, 6.07) is 0. The largest absolute Gasteiger partial charge is 0.229 e. The van der Waals surface area contributed by atoms with Crippen LogP contribution < -0.4 is 0 Å². The van der Waals surface area contributed by atoms with Crippen molar-refractivity contribution in [2.75, 3.05) is 0 Å². The van der Waals surface area contributed by atoms with E-state index in [4.69, 9.17) is 11.6 Å². The molecule has 1 unspecified atom stereocenters. The van der Waals surface area contributed by atoms with E-state index in [0.717, 1.165) is 18.4 Å². The van der Waals surface area contributed by atoms with Crippen molar-refractivity contribution in [3.63, 3.8) is 0 Å². The van der Waals surface area contributed by atoms with Gasteiger partial charge in [-0.25, -0.2) is 4.39 Å². The van der Waals surface area contributed by atoms with Crippen molar-refractivity contribution in [3.8, 4) is 0 Å². The lowest BCUT2D eigenvalue weighted by Crippen LogP contribution is -1.91. The van der Waals surface area contributed by atoms with Crippen molar-refractivity contribution < 1.29 is 4.39 Å². The summed E-state index contributed by atoms with van der Waals surface area (Å²) in [4.78, 5) is 0. The Kier molecular flexibility index (Phi) is 5.36. The van der Waals surface area contributed by atoms with Gasteiger partial charge < -0.3 is 0 Å². The molecule has 0 heterocycles. The fraction of sp³-hybridized carbons (Fsp3) is 0.714. The highest BCUT2D eigenvalue weighted by molar-refractivity contribution is 9.09. The summed E-state index contributed by atoms with van der Waals surface area (Å²) in [6.45, 7) is 3.88. The van der Waals surface area contributed by atoms with E-state index in [2.05, 4.69) is 15.9 Å². The lowest BCUT2D eigenvalue weighted by Gasteiger charge is -2.03. The third-order valence-electron chi connectivity index (χ3n) is 1.22. The van der Waals surface area contributed by atoms with E-state index in [1.165, 1.54) is 0 Å². The molecule has 0 bridgehead atoms. The van der Waals surface area contributed by atoms with Gasteiger partial charge in [-0.3, -0.25) is 0 Å². The van der Waals surface area contributed by atoms with Crippen molar-refractivity contribution in [3.05, 3.63) is 10.6 Å². The number of rotatable bonds is 3. The van der Waals surface area contributed by atoms with Crippen LogP contribution in [0.4, 0.5) is 4.39 Å². The number of allylic oxidation sites excluding steroid dienone is 2. The van der Waals surface area contributed by atoms with Gasteiger partial charge >= 0.3 is 0 Å². The minimum absolute atomic E-state index is 0.293. The predicted molar refractivity (Wildman–Crippen MR) is 47.3 cm³/mol. The van der Waals surface area contributed by atoms with Crippen LogP contribution >= 0.6 is 27.5 Å². The summed E-state index contributed by atoms with van der Waals surface area (Å²) in [7, 11) is 0. The zero-order chi connectivity index (χ0) is 8.15. The smallest absolute Gasteiger partial charge is 0.190 e. The molecule has 60 valence electrons. The SMILES string of the molecule is CCCC(C)=C(Cl)C(F)Br. The first-order valence-corrected chi connectivity index (χ1v) is 4.52. The molecule has 0 aromatic carbocycles. The van der Waals surface area contributed by atoms with Crippen LogP contribution in [-0.2, 0) is 0 Å². The first-order chi connectivity index (χ1) is 4.59. The number of alkyl halides is 2. The van der Waals surface area contributed by atoms with Gasteiger partial charge in [0, 0.05) is 0 Å². The highest BCUT2D eigenvalue weighted by Gasteiger charge is 2.07. The van der Waals surface area contributed by atoms with E-state index in [0.29, 0.717) is 5.03 Å². The Morgan fingerprint density at radius 1 is 1.70 bits per heavy atom. The Morgan fingerprint density at radius 2 is 2.20 bits per heavy atom. The zero-order valence-corrected chi connectivity index (χ0v) is 8.47. The second kappa shape index (κ2) is 5.14. The van der Waals surface area contributed by atoms with Gasteiger partial charge in [-0.15, -0.1) is 0 Å². The third kappa shape index (κ3) is 3.57. The third-order valence-corrected chi connectivity index (χ3v) is 2.46. The van der Waals surface area contributed by atoms with Gasteiger partial charge in [-0.05, 0) is 29.3 Å². The maximum atomic E-state index is 12.4. The molecule has 0 aliphatic carbocycles. The molecule has 0 aliphatic rings. The Morgan fingerprint density at radius 3 is 2.50 bits per heavy atom. The zero-order valence-electron chi connectivity index (χ0n) is 6.13. The van der Waals surface area contributed by atoms with Gasteiger partial charge in [0.15, 0.2) is 5.08 Å². The lowest BCUT2D eigenvalue weighted by molar-refractivity contribution is 0.519. The van der Waals surface area contributed by atoms with Gasteiger partial charge in [0.25, 0.3) is 0 Å². The summed E-state index contributed by atoms with van der Waals surface area (Å²) in [6.07, 6.45) is 1.87. The Balaban J connectivity index is 4.05. The Labute approximate surface area is 74.6 Å². The summed E-state index contributed by atoms with van der Waals surface area (Å²) in [5.41, 5.74) is 0.925. The first-order valence-electron chi connectivity index (χ1n) is 3.22. The Bertz CT molecular complexity index is 132. The molecule has 1 atom stereocenters. The van der Waals surface area contributed by atoms with E-state index in [-0.39, 0.29) is 0 Å². The monoisotopic (exact) mass is 228 g/mol. The Hall–Kier alpha value is 0.440. The van der Waals surface area contributed by atoms with Crippen molar-refractivity contribution in [2.45, 2.75) is 31.8 Å². The fourth-order valence-corrected chi connectivity index (χ4v) is 1.17. The van der Waals surface area contributed by atoms with E-state index in [1.807, 2.05) is 13.8 Å². The van der Waals surface area contributed by atoms with Crippen LogP contribution in [0.25, 0.3) is 0 Å². The quantitative estimate of drug-likeness (QED) is 0.642. The van der Waals surface area contributed by atoms with Gasteiger partial charge in [0.1, 0.15) is 0 Å². The maximum absolute atomic E-state index is 12.4. The molecule has 0 rings (SSSR count). The summed E-state index contributed by atoms with van der Waals surface area (Å²) in [5, 5.41) is -0.900. The standard InChI is InChI=1S/C7H11BrClF/c1-3-4-5(2)6(9)7(8)10/h7H,3-4H2,1-2H3. The summed E-state index contributed by atoms with van der Waals surface area (Å²) < 4.78 is 12.4. The second-order valence-electron chi connectivity index (χ2n) is 2.18. The van der Waals surface area contributed by atoms with Crippen LogP contribution in [0.3, 0.4) is 0 Å². The normalized spacial score (nSPS) is 16.5. The topological polar surface area (TPSA) is 0 Å². The molecule has 0 N–H and O–H groups in total. The van der Waals surface area contributed by atoms with E-state index in [1.54, 1.807) is 0 Å². The van der Waals surface area contributed by atoms with Crippen molar-refractivity contribution in [2.24, 2.45) is 0 Å². The fourth-order valence-electron chi connectivity index (χ4n) is 0.681. The maximum Gasteiger partial charge on any atom is 0.190 e. The number of halogens is 3. The average Bonchev–Trinajstić information content (AvgIpc) is 1.87. The molecule has 10 heavy (non-hydrogen) atoms. The van der Waals surface area contributed by atoms with Crippen LogP contribution in [0.15, 0.2) is 10.6 Å². The summed E-state index contributed by atoms with van der Waals surface area (Å²) in [5.74, 6) is 0. The van der Waals surface area contributed by atoms with Gasteiger partial charge in [-0.2, -0.15) is 0 Å². The molecule has 0 amide bonds. The lowest BCUT2D eigenvalue weighted by atomic mass is 10.2. The minimum atomic E-state index is -1.19. The minimum Gasteiger partial charge on any atom is -0.229 e. The van der Waals surface area contributed by atoms with Gasteiger partial charge in [0.05, 0.1) is 5.03 Å². The van der Waals surface area contributed by atoms with Crippen molar-refractivity contribution >= 4 is 27.5 Å². The summed E-state index contributed by atoms with van der Waals surface area (Å²) >= 11 is 8.36. The van der Waals surface area contributed by atoms with Crippen LogP contribution in [0.1, 0.15) is 26.7 Å². The molecule has 0 fully saturated rings. The van der Waals surface area contributed by atoms with Crippen molar-refractivity contribution in [1.29, 1.82) is 0 Å². The van der Waals surface area contributed by atoms with Crippen molar-refractivity contribution in [1.82, 2.24) is 0 Å². The molecule has 0 spiro atoms. The molecule has 0 aromatic heterocycles. The average molecular weight is 230 g/mol. The second-order valence-corrected chi connectivity index (χ2v) is 3.39. The molecule has 0 aliphatic heterocycles. The number of hydrogen-bond donors (Lipinski definition) is 0. The highest BCUT2D eigenvalue weighted by Crippen LogP contribution is 2.23.